The molecule has 0 bridgehead atoms. The molecule has 2 fully saturated rings. The number of aromatic nitrogens is 5. The Labute approximate surface area is 325 Å². The number of aliphatic hydroxyl groups excluding tert-OH is 1. The normalized spacial score (nSPS) is 20.7. The summed E-state index contributed by atoms with van der Waals surface area (Å²) < 4.78 is 46.9. The number of anilines is 3. The van der Waals surface area contributed by atoms with Crippen LogP contribution in [0.4, 0.5) is 35.4 Å². The van der Waals surface area contributed by atoms with Crippen LogP contribution in [-0.2, 0) is 14.3 Å². The minimum atomic E-state index is -5.33. The molecule has 1 aliphatic heterocycles. The molecule has 5 aromatic rings. The third-order valence-electron chi connectivity index (χ3n) is 10.1. The Kier molecular flexibility index (Phi) is 11.5. The van der Waals surface area contributed by atoms with Crippen LogP contribution in [0, 0.1) is 0 Å². The maximum absolute atomic E-state index is 13.5. The number of ether oxygens (including phenoxy) is 1. The molecule has 0 radical (unpaired) electrons. The lowest BCUT2D eigenvalue weighted by molar-refractivity contribution is -0.209. The molecule has 7 rings (SSSR count). The quantitative estimate of drug-likeness (QED) is 0.112. The van der Waals surface area contributed by atoms with E-state index in [2.05, 4.69) is 31.2 Å². The lowest BCUT2D eigenvalue weighted by Crippen LogP contribution is -2.45. The van der Waals surface area contributed by atoms with Gasteiger partial charge in [0.25, 0.3) is 0 Å². The number of urea groups is 1. The summed E-state index contributed by atoms with van der Waals surface area (Å²) in [5.41, 5.74) is 3.08. The highest BCUT2D eigenvalue weighted by Gasteiger charge is 2.51. The molecule has 5 atom stereocenters. The van der Waals surface area contributed by atoms with Gasteiger partial charge in [-0.2, -0.15) is 23.1 Å². The van der Waals surface area contributed by atoms with Crippen LogP contribution >= 0.6 is 0 Å². The van der Waals surface area contributed by atoms with Crippen LogP contribution in [0.2, 0.25) is 0 Å². The Morgan fingerprint density at radius 2 is 1.70 bits per heavy atom. The van der Waals surface area contributed by atoms with E-state index >= 15 is 0 Å². The Bertz CT molecular complexity index is 2140. The van der Waals surface area contributed by atoms with Crippen LogP contribution in [-0.4, -0.2) is 97.6 Å². The predicted molar refractivity (Wildman–Crippen MR) is 203 cm³/mol. The average Bonchev–Trinajstić information content (AvgIpc) is 3.93. The van der Waals surface area contributed by atoms with Crippen molar-refractivity contribution in [2.75, 3.05) is 35.2 Å². The Morgan fingerprint density at radius 1 is 0.982 bits per heavy atom. The fourth-order valence-electron chi connectivity index (χ4n) is 7.31. The molecule has 2 aliphatic rings. The van der Waals surface area contributed by atoms with Gasteiger partial charge in [0.05, 0.1) is 30.3 Å². The fourth-order valence-corrected chi connectivity index (χ4v) is 7.31. The third kappa shape index (κ3) is 8.90. The van der Waals surface area contributed by atoms with E-state index in [4.69, 9.17) is 14.7 Å². The second-order valence-electron chi connectivity index (χ2n) is 13.9. The molecule has 0 spiro atoms. The topological polar surface area (TPSA) is 189 Å². The van der Waals surface area contributed by atoms with E-state index in [0.29, 0.717) is 37.6 Å². The van der Waals surface area contributed by atoms with Gasteiger partial charge in [-0.05, 0) is 36.1 Å². The summed E-state index contributed by atoms with van der Waals surface area (Å²) in [6, 6.07) is 20.4. The summed E-state index contributed by atoms with van der Waals surface area (Å²) in [7, 11) is 0. The first kappa shape index (κ1) is 39.0. The molecule has 2 aromatic carbocycles. The van der Waals surface area contributed by atoms with E-state index in [1.54, 1.807) is 25.3 Å². The molecule has 57 heavy (non-hydrogen) atoms. The standard InChI is InChI=1S/C39H41F3N10O5/c1-2-30(53)48-28-18-29(33(32(28)54)57-36(55)39(40,41)42)52-22-45-31-34(44-20-27(23-10-5-3-6-11-23)24-12-7-4-8-13-24)49-37(50-35(31)52)51-17-15-26(21-51)47-38(56)46-25-14-9-16-43-19-25/h3-14,16,19,22,26-29,32-33,54H,2,15,17-18,20-21H2,1H3,(H,48,53)(H,44,49,50)(H2,46,47,56)/t26-,28+,29-,32-,33+/m1/s1. The molecule has 1 saturated carbocycles. The number of hydrogen-bond acceptors (Lipinski definition) is 11. The number of carbonyl (C=O) groups is 3. The van der Waals surface area contributed by atoms with Gasteiger partial charge in [0.1, 0.15) is 6.10 Å². The number of nitrogens with one attached hydrogen (secondary N) is 4. The Balaban J connectivity index is 1.23. The van der Waals surface area contributed by atoms with E-state index in [1.165, 1.54) is 17.1 Å². The van der Waals surface area contributed by atoms with Gasteiger partial charge in [0.2, 0.25) is 11.9 Å². The van der Waals surface area contributed by atoms with Crippen molar-refractivity contribution in [3.8, 4) is 0 Å². The number of pyridine rings is 1. The number of amides is 3. The number of benzene rings is 2. The first-order chi connectivity index (χ1) is 27.5. The monoisotopic (exact) mass is 786 g/mol. The SMILES string of the molecule is CCC(=O)N[C@H]1C[C@@H](n2cnc3c(NCC(c4ccccc4)c4ccccc4)nc(N4CC[C@@H](NC(=O)Nc5cccnc5)C4)nc32)[C@H](OC(=O)C(F)(F)F)[C@@H]1O. The highest BCUT2D eigenvalue weighted by atomic mass is 19.4. The molecule has 1 saturated heterocycles. The zero-order chi connectivity index (χ0) is 40.1. The van der Waals surface area contributed by atoms with Crippen LogP contribution < -0.4 is 26.2 Å². The Hall–Kier alpha value is -6.30. The average molecular weight is 787 g/mol. The van der Waals surface area contributed by atoms with Gasteiger partial charge < -0.3 is 40.6 Å². The molecule has 18 heteroatoms. The zero-order valence-electron chi connectivity index (χ0n) is 30.8. The van der Waals surface area contributed by atoms with Crippen molar-refractivity contribution in [1.29, 1.82) is 0 Å². The number of fused-ring (bicyclic) bond motifs is 1. The number of alkyl halides is 3. The first-order valence-electron chi connectivity index (χ1n) is 18.5. The zero-order valence-corrected chi connectivity index (χ0v) is 30.8. The van der Waals surface area contributed by atoms with E-state index in [-0.39, 0.29) is 41.9 Å². The molecular formula is C39H41F3N10O5. The van der Waals surface area contributed by atoms with E-state index < -0.39 is 48.4 Å². The van der Waals surface area contributed by atoms with E-state index in [1.807, 2.05) is 65.6 Å². The van der Waals surface area contributed by atoms with Crippen molar-refractivity contribution >= 4 is 46.5 Å². The van der Waals surface area contributed by atoms with Crippen LogP contribution in [0.15, 0.2) is 91.5 Å². The van der Waals surface area contributed by atoms with Gasteiger partial charge >= 0.3 is 18.2 Å². The largest absolute Gasteiger partial charge is 0.490 e. The summed E-state index contributed by atoms with van der Waals surface area (Å²) in [5, 5.41) is 23.0. The van der Waals surface area contributed by atoms with Gasteiger partial charge in [0.15, 0.2) is 23.1 Å². The number of imidazole rings is 1. The number of esters is 1. The lowest BCUT2D eigenvalue weighted by atomic mass is 9.91. The third-order valence-corrected chi connectivity index (χ3v) is 10.1. The highest BCUT2D eigenvalue weighted by molar-refractivity contribution is 5.89. The molecule has 1 aliphatic carbocycles. The molecule has 298 valence electrons. The van der Waals surface area contributed by atoms with E-state index in [9.17, 15) is 32.7 Å². The molecule has 4 heterocycles. The van der Waals surface area contributed by atoms with Gasteiger partial charge in [-0.1, -0.05) is 67.6 Å². The second-order valence-corrected chi connectivity index (χ2v) is 13.9. The summed E-state index contributed by atoms with van der Waals surface area (Å²) in [4.78, 5) is 57.5. The van der Waals surface area contributed by atoms with Crippen molar-refractivity contribution in [1.82, 2.24) is 35.1 Å². The fraction of sp³-hybridized carbons (Fsp3) is 0.359. The van der Waals surface area contributed by atoms with Gasteiger partial charge in [-0.15, -0.1) is 0 Å². The van der Waals surface area contributed by atoms with Crippen LogP contribution in [0.5, 0.6) is 0 Å². The number of nitrogens with zero attached hydrogens (tertiary/aromatic N) is 6. The van der Waals surface area contributed by atoms with Crippen LogP contribution in [0.3, 0.4) is 0 Å². The first-order valence-corrected chi connectivity index (χ1v) is 18.5. The number of aliphatic hydroxyl groups is 1. The summed E-state index contributed by atoms with van der Waals surface area (Å²) in [5.74, 6) is -2.46. The molecule has 5 N–H and O–H groups in total. The summed E-state index contributed by atoms with van der Waals surface area (Å²) in [6.45, 7) is 2.74. The van der Waals surface area contributed by atoms with E-state index in [0.717, 1.165) is 11.1 Å². The number of halogens is 3. The molecule has 3 amide bonds. The summed E-state index contributed by atoms with van der Waals surface area (Å²) in [6.07, 6.45) is -3.72. The minimum absolute atomic E-state index is 0.0598. The highest BCUT2D eigenvalue weighted by Crippen LogP contribution is 2.38. The van der Waals surface area contributed by atoms with Gasteiger partial charge in [-0.25, -0.2) is 14.6 Å². The molecule has 0 unspecified atom stereocenters. The number of hydrogen-bond donors (Lipinski definition) is 5. The van der Waals surface area contributed by atoms with Crippen molar-refractivity contribution < 1.29 is 37.4 Å². The summed E-state index contributed by atoms with van der Waals surface area (Å²) >= 11 is 0. The maximum atomic E-state index is 13.5. The van der Waals surface area contributed by atoms with Crippen molar-refractivity contribution in [3.63, 3.8) is 0 Å². The Morgan fingerprint density at radius 3 is 2.35 bits per heavy atom. The van der Waals surface area contributed by atoms with Gasteiger partial charge in [0, 0.05) is 44.2 Å². The number of rotatable bonds is 12. The molecule has 3 aromatic heterocycles. The van der Waals surface area contributed by atoms with Crippen LogP contribution in [0.25, 0.3) is 11.2 Å². The predicted octanol–water partition coefficient (Wildman–Crippen LogP) is 4.54. The molecule has 15 nitrogen and oxygen atoms in total. The van der Waals surface area contributed by atoms with Crippen molar-refractivity contribution in [3.05, 3.63) is 103 Å². The smallest absolute Gasteiger partial charge is 0.451 e. The van der Waals surface area contributed by atoms with Crippen molar-refractivity contribution in [2.45, 2.75) is 68.6 Å². The van der Waals surface area contributed by atoms with Gasteiger partial charge in [-0.3, -0.25) is 9.78 Å². The van der Waals surface area contributed by atoms with Crippen LogP contribution in [0.1, 0.15) is 49.3 Å². The van der Waals surface area contributed by atoms with Crippen molar-refractivity contribution in [2.24, 2.45) is 0 Å². The lowest BCUT2D eigenvalue weighted by Gasteiger charge is -2.25. The minimum Gasteiger partial charge on any atom is -0.451 e. The maximum Gasteiger partial charge on any atom is 0.490 e. The second kappa shape index (κ2) is 16.8. The number of carbonyl (C=O) groups excluding carboxylic acids is 3. The molecular weight excluding hydrogens is 745 g/mol.